The molecule has 552 valence electrons. The molecular weight excluding hydrogens is 1300 g/mol. The summed E-state index contributed by atoms with van der Waals surface area (Å²) in [7, 11) is 2.96. The summed E-state index contributed by atoms with van der Waals surface area (Å²) in [5.74, 6) is -7.36. The smallest absolute Gasteiger partial charge is 0.408 e. The highest BCUT2D eigenvalue weighted by atomic mass is 16.6. The van der Waals surface area contributed by atoms with Crippen molar-refractivity contribution in [1.82, 2.24) is 61.6 Å². The second kappa shape index (κ2) is 36.2. The monoisotopic (exact) mass is 1410 g/mol. The van der Waals surface area contributed by atoms with Crippen LogP contribution in [0.5, 0.6) is 0 Å². The summed E-state index contributed by atoms with van der Waals surface area (Å²) in [6, 6.07) is 27.3. The van der Waals surface area contributed by atoms with Gasteiger partial charge in [0.1, 0.15) is 59.5 Å². The van der Waals surface area contributed by atoms with E-state index in [0.29, 0.717) is 23.4 Å². The second-order valence-electron chi connectivity index (χ2n) is 29.2. The largest absolute Gasteiger partial charge is 0.467 e. The first-order valence-electron chi connectivity index (χ1n) is 34.7. The normalized spacial score (nSPS) is 15.2. The highest BCUT2D eigenvalue weighted by molar-refractivity contribution is 5.98. The number of esters is 1. The summed E-state index contributed by atoms with van der Waals surface area (Å²) in [6.07, 6.45) is 3.72. The van der Waals surface area contributed by atoms with Crippen LogP contribution in [0, 0.1) is 11.8 Å². The van der Waals surface area contributed by atoms with Crippen LogP contribution >= 0.6 is 0 Å². The molecule has 2 heterocycles. The number of imidazole rings is 2. The van der Waals surface area contributed by atoms with Crippen molar-refractivity contribution < 1.29 is 62.1 Å². The molecule has 0 radical (unpaired) electrons. The van der Waals surface area contributed by atoms with Gasteiger partial charge in [-0.15, -0.1) is 0 Å². The number of methoxy groups -OCH3 is 1. The van der Waals surface area contributed by atoms with Crippen molar-refractivity contribution in [2.24, 2.45) is 18.9 Å². The molecule has 0 aliphatic carbocycles. The predicted molar refractivity (Wildman–Crippen MR) is 387 cm³/mol. The van der Waals surface area contributed by atoms with Crippen LogP contribution in [-0.2, 0) is 89.2 Å². The number of alkyl carbamates (subject to hydrolysis) is 1. The fraction of sp³-hybridized carbons (Fsp3) is 0.494. The summed E-state index contributed by atoms with van der Waals surface area (Å²) < 4.78 is 26.7. The van der Waals surface area contributed by atoms with Crippen LogP contribution in [0.4, 0.5) is 4.79 Å². The molecule has 0 bridgehead atoms. The Kier molecular flexibility index (Phi) is 28.8. The van der Waals surface area contributed by atoms with Crippen LogP contribution in [0.15, 0.2) is 146 Å². The zero-order chi connectivity index (χ0) is 75.4. The molecular formula is C77H106N12O13. The number of ether oxygens (including phenoxy) is 4. The maximum atomic E-state index is 15.6. The minimum Gasteiger partial charge on any atom is -0.467 e. The summed E-state index contributed by atoms with van der Waals surface area (Å²) in [4.78, 5) is 140. The van der Waals surface area contributed by atoms with E-state index in [1.807, 2.05) is 102 Å². The molecule has 6 rings (SSSR count). The van der Waals surface area contributed by atoms with Crippen LogP contribution in [-0.4, -0.2) is 157 Å². The van der Waals surface area contributed by atoms with Gasteiger partial charge >= 0.3 is 12.1 Å². The summed E-state index contributed by atoms with van der Waals surface area (Å²) in [6.45, 7) is 27.3. The Morgan fingerprint density at radius 1 is 0.441 bits per heavy atom. The highest BCUT2D eigenvalue weighted by Crippen LogP contribution is 2.41. The number of hydrogen-bond acceptors (Lipinski definition) is 15. The molecule has 0 fully saturated rings. The molecule has 8 amide bonds. The molecule has 25 nitrogen and oxygen atoms in total. The maximum Gasteiger partial charge on any atom is 0.408 e. The number of amides is 8. The van der Waals surface area contributed by atoms with Gasteiger partial charge in [-0.1, -0.05) is 155 Å². The number of carbonyl (C=O) groups excluding carboxylic acids is 9. The Morgan fingerprint density at radius 2 is 0.833 bits per heavy atom. The molecule has 0 unspecified atom stereocenters. The average Bonchev–Trinajstić information content (AvgIpc) is 1.28. The Bertz CT molecular complexity index is 3660. The van der Waals surface area contributed by atoms with Gasteiger partial charge in [-0.3, -0.25) is 33.6 Å². The summed E-state index contributed by atoms with van der Waals surface area (Å²) in [5.41, 5.74) is 0.385. The first kappa shape index (κ1) is 81.2. The fourth-order valence-corrected chi connectivity index (χ4v) is 11.9. The van der Waals surface area contributed by atoms with Crippen LogP contribution < -0.4 is 42.5 Å². The van der Waals surface area contributed by atoms with Crippen LogP contribution in [0.3, 0.4) is 0 Å². The van der Waals surface area contributed by atoms with Crippen molar-refractivity contribution >= 4 is 53.4 Å². The Balaban J connectivity index is 1.40. The van der Waals surface area contributed by atoms with Gasteiger partial charge in [-0.05, 0) is 117 Å². The first-order chi connectivity index (χ1) is 47.9. The van der Waals surface area contributed by atoms with E-state index in [-0.39, 0.29) is 25.2 Å². The topological polar surface area (TPSA) is 322 Å². The van der Waals surface area contributed by atoms with E-state index in [2.05, 4.69) is 47.5 Å². The Labute approximate surface area is 599 Å². The number of aromatic nitrogens is 4. The van der Waals surface area contributed by atoms with Gasteiger partial charge in [0.2, 0.25) is 41.4 Å². The van der Waals surface area contributed by atoms with E-state index in [0.717, 1.165) is 16.7 Å². The van der Waals surface area contributed by atoms with Crippen LogP contribution in [0.2, 0.25) is 0 Å². The van der Waals surface area contributed by atoms with Crippen molar-refractivity contribution in [1.29, 1.82) is 0 Å². The van der Waals surface area contributed by atoms with Crippen molar-refractivity contribution in [2.75, 3.05) is 7.11 Å². The van der Waals surface area contributed by atoms with Gasteiger partial charge in [0.25, 0.3) is 0 Å². The summed E-state index contributed by atoms with van der Waals surface area (Å²) in [5, 5.41) is 22.3. The van der Waals surface area contributed by atoms with E-state index in [4.69, 9.17) is 23.9 Å². The fourth-order valence-electron chi connectivity index (χ4n) is 11.9. The zero-order valence-electron chi connectivity index (χ0n) is 62.2. The molecule has 0 aliphatic rings. The molecule has 4 aromatic carbocycles. The number of rotatable bonds is 33. The Morgan fingerprint density at radius 3 is 1.27 bits per heavy atom. The molecule has 0 aliphatic heterocycles. The van der Waals surface area contributed by atoms with Gasteiger partial charge in [0.05, 0.1) is 54.6 Å². The average molecular weight is 1410 g/mol. The van der Waals surface area contributed by atoms with Crippen molar-refractivity contribution in [3.63, 3.8) is 0 Å². The van der Waals surface area contributed by atoms with Crippen LogP contribution in [0.1, 0.15) is 151 Å². The molecule has 11 atom stereocenters. The standard InChI is InChI=1S/C77H106N12O13/c1-19-48(4)62(72(97)99-18)85-71(96)64(51(7)101-75(11,12)13)87-69(94)61(47(2)3)84-67(92)58(40-52-32-24-20-25-33-52)82-66(91)59(42-57-44-89(46-79-57)77(53-34-26-21-27-35-53,54-36-28-22-29-37-54)55-38-30-23-31-39-55)81-65(90)49(5)80-70(95)63(50(6)100-74(8,9)10)86-68(93)60(41-56-43-88(17)45-78-56)83-73(98)102-76(14,15)16/h20-39,43-51,58-64H,19,40-42H2,1-18H3,(H,80,95)(H,81,90)(H,82,91)(H,83,98)(H,84,92)(H,85,96)(H,86,93)(H,87,94)/t48-,49+,50+,51+,58+,59-,60-,61+,62-,63-,64-/m0/s1. The number of nitrogens with zero attached hydrogens (tertiary/aromatic N) is 4. The number of benzene rings is 4. The lowest BCUT2D eigenvalue weighted by Crippen LogP contribution is -2.63. The van der Waals surface area contributed by atoms with Crippen molar-refractivity contribution in [3.05, 3.63) is 180 Å². The SMILES string of the molecule is CC[C@H](C)[C@H](NC(=O)[C@@H](NC(=O)[C@H](NC(=O)[C@@H](Cc1ccccc1)NC(=O)[C@H](Cc1cn(C(c2ccccc2)(c2ccccc2)c2ccccc2)cn1)NC(=O)[C@@H](C)NC(=O)[C@@H](NC(=O)[C@H](Cc1cn(C)cn1)NC(=O)OC(C)(C)C)[C@@H](C)OC(C)(C)C)C(C)C)[C@@H](C)OC(C)(C)C)C(=O)OC. The van der Waals surface area contributed by atoms with Gasteiger partial charge in [0, 0.05) is 38.7 Å². The predicted octanol–water partition coefficient (Wildman–Crippen LogP) is 7.07. The van der Waals surface area contributed by atoms with Gasteiger partial charge in [-0.2, -0.15) is 0 Å². The molecule has 6 aromatic rings. The van der Waals surface area contributed by atoms with E-state index in [9.17, 15) is 28.8 Å². The van der Waals surface area contributed by atoms with Gasteiger partial charge < -0.3 is 70.6 Å². The van der Waals surface area contributed by atoms with E-state index in [1.165, 1.54) is 20.4 Å². The molecule has 102 heavy (non-hydrogen) atoms. The third-order valence-electron chi connectivity index (χ3n) is 16.9. The minimum atomic E-state index is -1.55. The highest BCUT2D eigenvalue weighted by Gasteiger charge is 2.42. The third-order valence-corrected chi connectivity index (χ3v) is 16.9. The van der Waals surface area contributed by atoms with E-state index in [1.54, 1.807) is 158 Å². The van der Waals surface area contributed by atoms with Crippen molar-refractivity contribution in [2.45, 2.75) is 219 Å². The second-order valence-corrected chi connectivity index (χ2v) is 29.2. The quantitative estimate of drug-likeness (QED) is 0.0151. The van der Waals surface area contributed by atoms with E-state index >= 15 is 14.4 Å². The van der Waals surface area contributed by atoms with Gasteiger partial charge in [-0.25, -0.2) is 19.6 Å². The van der Waals surface area contributed by atoms with E-state index < -0.39 is 142 Å². The maximum absolute atomic E-state index is 15.6. The summed E-state index contributed by atoms with van der Waals surface area (Å²) >= 11 is 0. The minimum absolute atomic E-state index is 0.101. The number of carbonyl (C=O) groups is 9. The molecule has 0 saturated carbocycles. The number of hydrogen-bond donors (Lipinski definition) is 8. The zero-order valence-corrected chi connectivity index (χ0v) is 62.2. The third kappa shape index (κ3) is 23.4. The first-order valence-corrected chi connectivity index (χ1v) is 34.7. The molecule has 0 saturated heterocycles. The van der Waals surface area contributed by atoms with Crippen molar-refractivity contribution in [3.8, 4) is 0 Å². The molecule has 8 N–H and O–H groups in total. The lowest BCUT2D eigenvalue weighted by Gasteiger charge is -2.37. The lowest BCUT2D eigenvalue weighted by molar-refractivity contribution is -0.148. The Hall–Kier alpha value is -9.75. The number of aryl methyl sites for hydroxylation is 1. The van der Waals surface area contributed by atoms with Gasteiger partial charge in [0.15, 0.2) is 0 Å². The molecule has 25 heteroatoms. The molecule has 2 aromatic heterocycles. The molecule has 0 spiro atoms. The number of nitrogens with one attached hydrogen (secondary N) is 8. The lowest BCUT2D eigenvalue weighted by atomic mass is 9.77. The van der Waals surface area contributed by atoms with Crippen LogP contribution in [0.25, 0.3) is 0 Å².